The van der Waals surface area contributed by atoms with E-state index < -0.39 is 12.1 Å². The largest absolute Gasteiger partial charge is 0.350 e. The Balaban J connectivity index is -0.000000181. The number of carbonyl (C=O) groups excluding carboxylic acids is 3. The van der Waals surface area contributed by atoms with Crippen LogP contribution < -0.4 is 21.6 Å². The van der Waals surface area contributed by atoms with Gasteiger partial charge in [-0.25, -0.2) is 25.9 Å². The second kappa shape index (κ2) is 35.0. The van der Waals surface area contributed by atoms with Gasteiger partial charge in [-0.05, 0) is 18.4 Å². The number of urea groups is 2. The molecule has 0 spiro atoms. The Hall–Kier alpha value is -2.61. The van der Waals surface area contributed by atoms with Crippen molar-refractivity contribution in [3.63, 3.8) is 0 Å². The third-order valence-electron chi connectivity index (χ3n) is 2.48. The predicted molar refractivity (Wildman–Crippen MR) is 147 cm³/mol. The molecule has 4 amide bonds. The molecule has 0 saturated carbocycles. The lowest BCUT2D eigenvalue weighted by Gasteiger charge is -2.21. The van der Waals surface area contributed by atoms with Gasteiger partial charge in [0.25, 0.3) is 0 Å². The third-order valence-corrected chi connectivity index (χ3v) is 2.48. The van der Waals surface area contributed by atoms with Crippen molar-refractivity contribution in [3.05, 3.63) is 35.9 Å². The molecule has 0 unspecified atom stereocenters. The van der Waals surface area contributed by atoms with E-state index in [1.165, 1.54) is 18.4 Å². The zero-order chi connectivity index (χ0) is 27.9. The molecule has 0 atom stereocenters. The summed E-state index contributed by atoms with van der Waals surface area (Å²) in [6.45, 7) is 24.3. The summed E-state index contributed by atoms with van der Waals surface area (Å²) in [4.78, 5) is 33.9. The zero-order valence-corrected chi connectivity index (χ0v) is 24.3. The van der Waals surface area contributed by atoms with Crippen molar-refractivity contribution in [3.8, 4) is 0 Å². The molecule has 202 valence electrons. The van der Waals surface area contributed by atoms with Gasteiger partial charge < -0.3 is 5.32 Å². The highest BCUT2D eigenvalue weighted by molar-refractivity contribution is 5.85. The van der Waals surface area contributed by atoms with Crippen LogP contribution in [0.15, 0.2) is 30.3 Å². The fourth-order valence-corrected chi connectivity index (χ4v) is 1.45. The number of rotatable bonds is 5. The van der Waals surface area contributed by atoms with Gasteiger partial charge in [0.05, 0.1) is 13.1 Å². The van der Waals surface area contributed by atoms with Crippen LogP contribution in [-0.4, -0.2) is 36.4 Å². The van der Waals surface area contributed by atoms with E-state index >= 15 is 0 Å². The summed E-state index contributed by atoms with van der Waals surface area (Å²) >= 11 is 0. The second-order valence-corrected chi connectivity index (χ2v) is 6.67. The van der Waals surface area contributed by atoms with Crippen molar-refractivity contribution in [2.75, 3.05) is 13.6 Å². The summed E-state index contributed by atoms with van der Waals surface area (Å²) in [7, 11) is 1.60. The van der Waals surface area contributed by atoms with Gasteiger partial charge in [-0.3, -0.25) is 9.80 Å². The molecule has 0 aliphatic carbocycles. The highest BCUT2D eigenvalue weighted by Gasteiger charge is 2.12. The van der Waals surface area contributed by atoms with Crippen molar-refractivity contribution in [2.45, 2.75) is 96.1 Å². The van der Waals surface area contributed by atoms with Gasteiger partial charge in [0.15, 0.2) is 0 Å². The summed E-state index contributed by atoms with van der Waals surface area (Å²) in [5.74, 6) is 0.650. The topological polar surface area (TPSA) is 103 Å². The van der Waals surface area contributed by atoms with Crippen LogP contribution >= 0.6 is 0 Å². The maximum Gasteiger partial charge on any atom is 0.350 e. The highest BCUT2D eigenvalue weighted by Crippen LogP contribution is 2.01. The molecule has 8 heteroatoms. The first-order chi connectivity index (χ1) is 16.2. The molecule has 0 saturated heterocycles. The Morgan fingerprint density at radius 2 is 1.26 bits per heavy atom. The van der Waals surface area contributed by atoms with E-state index in [0.29, 0.717) is 6.54 Å². The minimum Gasteiger partial charge on any atom is -0.330 e. The summed E-state index contributed by atoms with van der Waals surface area (Å²) in [5.41, 5.74) is 8.04. The summed E-state index contributed by atoms with van der Waals surface area (Å²) in [6.07, 6.45) is 1.25. The van der Waals surface area contributed by atoms with Crippen LogP contribution in [0.25, 0.3) is 0 Å². The molecule has 0 radical (unpaired) electrons. The molecule has 0 aliphatic heterocycles. The van der Waals surface area contributed by atoms with Crippen LogP contribution in [-0.2, 0) is 11.3 Å². The normalized spacial score (nSPS) is 8.06. The number of ketones is 1. The molecule has 1 aromatic rings. The van der Waals surface area contributed by atoms with Crippen molar-refractivity contribution in [1.29, 1.82) is 0 Å². The standard InChI is InChI=1S/C13H19N5O3.C4H10.C3H8.3C2H6/c1-10(19)8-15-12(20)16-17-13(21)18(14-2)9-11-6-4-3-5-7-11;1-4(2)3;1-3-2;3*1-2/h3-7,14H,8-9H2,1-2H3,(H,17,21)(H2,15,16,20);4H,1-3H3;3H2,1-2H3;3*1-2H3. The first-order valence-electron chi connectivity index (χ1n) is 12.5. The molecular formula is C26H55N5O3. The van der Waals surface area contributed by atoms with E-state index in [1.807, 2.05) is 71.9 Å². The number of amides is 4. The Bertz CT molecular complexity index is 550. The Labute approximate surface area is 210 Å². The molecule has 4 N–H and O–H groups in total. The van der Waals surface area contributed by atoms with Gasteiger partial charge >= 0.3 is 12.1 Å². The number of hydrogen-bond donors (Lipinski definition) is 4. The molecule has 0 heterocycles. The van der Waals surface area contributed by atoms with Crippen molar-refractivity contribution in [1.82, 2.24) is 26.6 Å². The van der Waals surface area contributed by atoms with Crippen LogP contribution in [0.3, 0.4) is 0 Å². The summed E-state index contributed by atoms with van der Waals surface area (Å²) in [6, 6.07) is 8.20. The van der Waals surface area contributed by atoms with E-state index in [4.69, 9.17) is 0 Å². The molecule has 8 nitrogen and oxygen atoms in total. The number of Topliss-reactive ketones (excluding diaryl/α,β-unsaturated/α-hetero) is 1. The minimum atomic E-state index is -0.658. The van der Waals surface area contributed by atoms with Gasteiger partial charge in [0.1, 0.15) is 5.78 Å². The maximum atomic E-state index is 11.9. The zero-order valence-electron chi connectivity index (χ0n) is 24.3. The van der Waals surface area contributed by atoms with Gasteiger partial charge in [0, 0.05) is 7.05 Å². The third kappa shape index (κ3) is 36.7. The smallest absolute Gasteiger partial charge is 0.330 e. The lowest BCUT2D eigenvalue weighted by Crippen LogP contribution is -2.54. The van der Waals surface area contributed by atoms with Crippen LogP contribution in [0.1, 0.15) is 95.1 Å². The van der Waals surface area contributed by atoms with Gasteiger partial charge in [-0.2, -0.15) is 0 Å². The van der Waals surface area contributed by atoms with Crippen molar-refractivity contribution < 1.29 is 14.4 Å². The van der Waals surface area contributed by atoms with Gasteiger partial charge in [-0.1, -0.05) is 113 Å². The number of benzene rings is 1. The number of hydrazine groups is 2. The number of nitrogens with zero attached hydrogens (tertiary/aromatic N) is 1. The Morgan fingerprint density at radius 1 is 0.853 bits per heavy atom. The van der Waals surface area contributed by atoms with Crippen molar-refractivity contribution in [2.24, 2.45) is 5.92 Å². The SMILES string of the molecule is CC.CC.CC.CC(C)C.CCC.CNN(Cc1ccccc1)C(=O)NNC(=O)NCC(C)=O. The van der Waals surface area contributed by atoms with E-state index in [-0.39, 0.29) is 12.3 Å². The average molecular weight is 486 g/mol. The lowest BCUT2D eigenvalue weighted by atomic mass is 10.2. The monoisotopic (exact) mass is 485 g/mol. The fourth-order valence-electron chi connectivity index (χ4n) is 1.45. The molecule has 34 heavy (non-hydrogen) atoms. The molecule has 0 fully saturated rings. The molecule has 1 aromatic carbocycles. The molecule has 0 aromatic heterocycles. The molecule has 1 rings (SSSR count). The van der Waals surface area contributed by atoms with Crippen LogP contribution in [0, 0.1) is 5.92 Å². The van der Waals surface area contributed by atoms with Gasteiger partial charge in [-0.15, -0.1) is 0 Å². The molecular weight excluding hydrogens is 430 g/mol. The highest BCUT2D eigenvalue weighted by atomic mass is 16.2. The van der Waals surface area contributed by atoms with Crippen LogP contribution in [0.4, 0.5) is 9.59 Å². The van der Waals surface area contributed by atoms with E-state index in [2.05, 4.69) is 56.2 Å². The van der Waals surface area contributed by atoms with Gasteiger partial charge in [0.2, 0.25) is 0 Å². The van der Waals surface area contributed by atoms with Crippen LogP contribution in [0.2, 0.25) is 0 Å². The predicted octanol–water partition coefficient (Wildman–Crippen LogP) is 6.29. The fraction of sp³-hybridized carbons (Fsp3) is 0.654. The average Bonchev–Trinajstić information content (AvgIpc) is 2.84. The maximum absolute atomic E-state index is 11.9. The second-order valence-electron chi connectivity index (χ2n) is 6.67. The quantitative estimate of drug-likeness (QED) is 0.368. The van der Waals surface area contributed by atoms with Crippen molar-refractivity contribution >= 4 is 17.8 Å². The Morgan fingerprint density at radius 3 is 1.62 bits per heavy atom. The first-order valence-corrected chi connectivity index (χ1v) is 12.5. The number of carbonyl (C=O) groups is 3. The summed E-state index contributed by atoms with van der Waals surface area (Å²) in [5, 5.41) is 3.58. The van der Waals surface area contributed by atoms with E-state index in [1.54, 1.807) is 7.05 Å². The Kier molecular flexibility index (Phi) is 42.8. The minimum absolute atomic E-state index is 0.0958. The lowest BCUT2D eigenvalue weighted by molar-refractivity contribution is -0.116. The molecule has 0 aliphatic rings. The van der Waals surface area contributed by atoms with Crippen LogP contribution in [0.5, 0.6) is 0 Å². The number of hydrogen-bond acceptors (Lipinski definition) is 4. The number of nitrogens with one attached hydrogen (secondary N) is 4. The first kappa shape index (κ1) is 41.6. The summed E-state index contributed by atoms with van der Waals surface area (Å²) < 4.78 is 0. The van der Waals surface area contributed by atoms with E-state index in [9.17, 15) is 14.4 Å². The molecule has 0 bridgehead atoms. The van der Waals surface area contributed by atoms with E-state index in [0.717, 1.165) is 11.5 Å².